The molecule has 2 aromatic carbocycles. The van der Waals surface area contributed by atoms with Gasteiger partial charge in [0.1, 0.15) is 6.04 Å². The average Bonchev–Trinajstić information content (AvgIpc) is 2.67. The molecule has 1 atom stereocenters. The number of nitrogens with one attached hydrogen (secondary N) is 3. The number of benzene rings is 2. The molecule has 0 aromatic heterocycles. The van der Waals surface area contributed by atoms with E-state index in [1.165, 1.54) is 0 Å². The molecule has 3 N–H and O–H groups in total. The molecule has 6 heteroatoms. The van der Waals surface area contributed by atoms with Crippen molar-refractivity contribution in [3.8, 4) is 0 Å². The molecule has 136 valence electrons. The number of hydrogen-bond donors (Lipinski definition) is 3. The molecule has 0 aliphatic rings. The Hall–Kier alpha value is -3.15. The monoisotopic (exact) mass is 353 g/mol. The van der Waals surface area contributed by atoms with Gasteiger partial charge in [0, 0.05) is 25.1 Å². The maximum absolute atomic E-state index is 12.0. The van der Waals surface area contributed by atoms with E-state index in [-0.39, 0.29) is 30.7 Å². The Morgan fingerprint density at radius 3 is 2.15 bits per heavy atom. The molecule has 0 aliphatic heterocycles. The number of hydrogen-bond acceptors (Lipinski definition) is 3. The van der Waals surface area contributed by atoms with Gasteiger partial charge in [-0.1, -0.05) is 48.5 Å². The molecule has 2 aromatic rings. The summed E-state index contributed by atoms with van der Waals surface area (Å²) in [6.45, 7) is 2.24. The molecular weight excluding hydrogens is 330 g/mol. The molecule has 1 unspecified atom stereocenters. The Bertz CT molecular complexity index is 732. The summed E-state index contributed by atoms with van der Waals surface area (Å²) in [6, 6.07) is 17.7. The largest absolute Gasteiger partial charge is 0.352 e. The van der Waals surface area contributed by atoms with Crippen LogP contribution in [-0.2, 0) is 16.1 Å². The van der Waals surface area contributed by atoms with Gasteiger partial charge in [0.05, 0.1) is 0 Å². The minimum absolute atomic E-state index is 0.106. The van der Waals surface area contributed by atoms with Gasteiger partial charge in [0.25, 0.3) is 5.91 Å². The first kappa shape index (κ1) is 19.2. The lowest BCUT2D eigenvalue weighted by molar-refractivity contribution is -0.128. The Balaban J connectivity index is 1.66. The van der Waals surface area contributed by atoms with Crippen LogP contribution in [-0.4, -0.2) is 30.3 Å². The van der Waals surface area contributed by atoms with Gasteiger partial charge in [-0.15, -0.1) is 0 Å². The first-order valence-electron chi connectivity index (χ1n) is 8.50. The van der Waals surface area contributed by atoms with Crippen molar-refractivity contribution < 1.29 is 14.4 Å². The van der Waals surface area contributed by atoms with E-state index in [1.54, 1.807) is 31.2 Å². The van der Waals surface area contributed by atoms with Crippen molar-refractivity contribution in [1.82, 2.24) is 16.0 Å². The minimum Gasteiger partial charge on any atom is -0.352 e. The van der Waals surface area contributed by atoms with E-state index >= 15 is 0 Å². The second-order valence-corrected chi connectivity index (χ2v) is 5.86. The van der Waals surface area contributed by atoms with Gasteiger partial charge >= 0.3 is 0 Å². The highest BCUT2D eigenvalue weighted by Gasteiger charge is 2.15. The molecule has 6 nitrogen and oxygen atoms in total. The number of amides is 3. The lowest BCUT2D eigenvalue weighted by atomic mass is 10.2. The van der Waals surface area contributed by atoms with E-state index in [1.807, 2.05) is 36.4 Å². The second kappa shape index (κ2) is 9.98. The lowest BCUT2D eigenvalue weighted by Crippen LogP contribution is -2.45. The maximum Gasteiger partial charge on any atom is 0.251 e. The first-order chi connectivity index (χ1) is 12.6. The Kier molecular flexibility index (Phi) is 7.36. The van der Waals surface area contributed by atoms with Crippen molar-refractivity contribution in [2.75, 3.05) is 6.54 Å². The Morgan fingerprint density at radius 2 is 1.50 bits per heavy atom. The molecule has 3 amide bonds. The Morgan fingerprint density at radius 1 is 0.885 bits per heavy atom. The lowest BCUT2D eigenvalue weighted by Gasteiger charge is -2.14. The van der Waals surface area contributed by atoms with Gasteiger partial charge < -0.3 is 16.0 Å². The SMILES string of the molecule is CC(NC(=O)CCNC(=O)c1ccccc1)C(=O)NCc1ccccc1. The number of carbonyl (C=O) groups is 3. The summed E-state index contributed by atoms with van der Waals surface area (Å²) < 4.78 is 0. The molecule has 0 saturated heterocycles. The molecule has 0 saturated carbocycles. The Labute approximate surface area is 153 Å². The number of rotatable bonds is 8. The van der Waals surface area contributed by atoms with Crippen molar-refractivity contribution in [3.05, 3.63) is 71.8 Å². The molecule has 26 heavy (non-hydrogen) atoms. The minimum atomic E-state index is -0.643. The van der Waals surface area contributed by atoms with Gasteiger partial charge in [-0.3, -0.25) is 14.4 Å². The molecule has 0 fully saturated rings. The molecule has 0 radical (unpaired) electrons. The third kappa shape index (κ3) is 6.39. The van der Waals surface area contributed by atoms with Crippen LogP contribution in [0.5, 0.6) is 0 Å². The highest BCUT2D eigenvalue weighted by Crippen LogP contribution is 1.99. The van der Waals surface area contributed by atoms with Crippen LogP contribution in [0.15, 0.2) is 60.7 Å². The fraction of sp³-hybridized carbons (Fsp3) is 0.250. The van der Waals surface area contributed by atoms with E-state index in [9.17, 15) is 14.4 Å². The van der Waals surface area contributed by atoms with Crippen LogP contribution in [0.25, 0.3) is 0 Å². The van der Waals surface area contributed by atoms with E-state index in [2.05, 4.69) is 16.0 Å². The summed E-state index contributed by atoms with van der Waals surface area (Å²) in [5.41, 5.74) is 1.53. The molecule has 2 rings (SSSR count). The standard InChI is InChI=1S/C20H23N3O3/c1-15(19(25)22-14-16-8-4-2-5-9-16)23-18(24)12-13-21-20(26)17-10-6-3-7-11-17/h2-11,15H,12-14H2,1H3,(H,21,26)(H,22,25)(H,23,24). The maximum atomic E-state index is 12.0. The predicted octanol–water partition coefficient (Wildman–Crippen LogP) is 1.63. The summed E-state index contributed by atoms with van der Waals surface area (Å²) >= 11 is 0. The third-order valence-corrected chi connectivity index (χ3v) is 3.75. The average molecular weight is 353 g/mol. The topological polar surface area (TPSA) is 87.3 Å². The van der Waals surface area contributed by atoms with E-state index in [0.29, 0.717) is 12.1 Å². The molecule has 0 spiro atoms. The van der Waals surface area contributed by atoms with Gasteiger partial charge in [-0.25, -0.2) is 0 Å². The van der Waals surface area contributed by atoms with Crippen molar-refractivity contribution in [2.24, 2.45) is 0 Å². The van der Waals surface area contributed by atoms with Crippen LogP contribution in [0, 0.1) is 0 Å². The van der Waals surface area contributed by atoms with Gasteiger partial charge in [0.2, 0.25) is 11.8 Å². The van der Waals surface area contributed by atoms with Crippen molar-refractivity contribution >= 4 is 17.7 Å². The molecular formula is C20H23N3O3. The van der Waals surface area contributed by atoms with Gasteiger partial charge in [-0.05, 0) is 24.6 Å². The fourth-order valence-electron chi connectivity index (χ4n) is 2.30. The zero-order chi connectivity index (χ0) is 18.8. The van der Waals surface area contributed by atoms with E-state index < -0.39 is 6.04 Å². The summed E-state index contributed by atoms with van der Waals surface area (Å²) in [4.78, 5) is 35.8. The summed E-state index contributed by atoms with van der Waals surface area (Å²) in [5, 5.41) is 8.08. The quantitative estimate of drug-likeness (QED) is 0.674. The van der Waals surface area contributed by atoms with Crippen LogP contribution < -0.4 is 16.0 Å². The highest BCUT2D eigenvalue weighted by molar-refractivity contribution is 5.94. The molecule has 0 aliphatic carbocycles. The summed E-state index contributed by atoms with van der Waals surface area (Å²) in [7, 11) is 0. The second-order valence-electron chi connectivity index (χ2n) is 5.86. The smallest absolute Gasteiger partial charge is 0.251 e. The highest BCUT2D eigenvalue weighted by atomic mass is 16.2. The zero-order valence-electron chi connectivity index (χ0n) is 14.7. The normalized spacial score (nSPS) is 11.3. The molecule has 0 bridgehead atoms. The zero-order valence-corrected chi connectivity index (χ0v) is 14.7. The molecule has 0 heterocycles. The third-order valence-electron chi connectivity index (χ3n) is 3.75. The van der Waals surface area contributed by atoms with Crippen LogP contribution in [0.4, 0.5) is 0 Å². The van der Waals surface area contributed by atoms with Crippen molar-refractivity contribution in [1.29, 1.82) is 0 Å². The van der Waals surface area contributed by atoms with Crippen molar-refractivity contribution in [2.45, 2.75) is 25.9 Å². The van der Waals surface area contributed by atoms with Crippen LogP contribution in [0.2, 0.25) is 0 Å². The summed E-state index contributed by atoms with van der Waals surface area (Å²) in [6.07, 6.45) is 0.106. The van der Waals surface area contributed by atoms with Crippen molar-refractivity contribution in [3.63, 3.8) is 0 Å². The van der Waals surface area contributed by atoms with Gasteiger partial charge in [-0.2, -0.15) is 0 Å². The fourth-order valence-corrected chi connectivity index (χ4v) is 2.30. The summed E-state index contributed by atoms with van der Waals surface area (Å²) in [5.74, 6) is -0.775. The van der Waals surface area contributed by atoms with E-state index in [0.717, 1.165) is 5.56 Å². The van der Waals surface area contributed by atoms with Crippen LogP contribution >= 0.6 is 0 Å². The van der Waals surface area contributed by atoms with Crippen LogP contribution in [0.1, 0.15) is 29.3 Å². The van der Waals surface area contributed by atoms with Crippen LogP contribution in [0.3, 0.4) is 0 Å². The predicted molar refractivity (Wildman–Crippen MR) is 99.3 cm³/mol. The van der Waals surface area contributed by atoms with Gasteiger partial charge in [0.15, 0.2) is 0 Å². The first-order valence-corrected chi connectivity index (χ1v) is 8.50. The van der Waals surface area contributed by atoms with E-state index in [4.69, 9.17) is 0 Å². The number of carbonyl (C=O) groups excluding carboxylic acids is 3.